The molecule has 0 aliphatic heterocycles. The number of benzene rings is 7. The van der Waals surface area contributed by atoms with Crippen molar-refractivity contribution in [1.82, 2.24) is 0 Å². The summed E-state index contributed by atoms with van der Waals surface area (Å²) in [5.41, 5.74) is 13.0. The topological polar surface area (TPSA) is 0 Å². The molecule has 8 bridgehead atoms. The molecule has 0 aromatic heterocycles. The van der Waals surface area contributed by atoms with Crippen LogP contribution in [0.25, 0.3) is 0 Å². The summed E-state index contributed by atoms with van der Waals surface area (Å²) < 4.78 is 0. The Hall–Kier alpha value is -5.46. The molecule has 0 saturated heterocycles. The molecule has 0 heterocycles. The van der Waals surface area contributed by atoms with E-state index in [1.807, 2.05) is 0 Å². The summed E-state index contributed by atoms with van der Waals surface area (Å²) >= 11 is 0. The third kappa shape index (κ3) is 6.21. The van der Waals surface area contributed by atoms with Crippen LogP contribution in [0.3, 0.4) is 0 Å². The van der Waals surface area contributed by atoms with Crippen molar-refractivity contribution in [3.63, 3.8) is 0 Å². The first-order valence-electron chi connectivity index (χ1n) is 24.7. The van der Waals surface area contributed by atoms with Gasteiger partial charge in [-0.1, -0.05) is 226 Å². The minimum Gasteiger partial charge on any atom is -0.0649 e. The summed E-state index contributed by atoms with van der Waals surface area (Å²) in [5.74, 6) is 0. The predicted molar refractivity (Wildman–Crippen MR) is 265 cm³/mol. The van der Waals surface area contributed by atoms with E-state index in [0.717, 1.165) is 0 Å². The zero-order valence-electron chi connectivity index (χ0n) is 37.9. The Kier molecular flexibility index (Phi) is 9.26. The molecule has 8 saturated carbocycles. The van der Waals surface area contributed by atoms with Crippen LogP contribution in [0.15, 0.2) is 212 Å². The van der Waals surface area contributed by atoms with Crippen molar-refractivity contribution in [2.75, 3.05) is 0 Å². The van der Waals surface area contributed by atoms with Crippen LogP contribution in [0.4, 0.5) is 0 Å². The molecule has 0 atom stereocenters. The van der Waals surface area contributed by atoms with E-state index >= 15 is 0 Å². The lowest BCUT2D eigenvalue weighted by atomic mass is 9.32. The number of rotatable bonds is 8. The number of hydrogen-bond donors (Lipinski definition) is 0. The van der Waals surface area contributed by atoms with Crippen molar-refractivity contribution < 1.29 is 0 Å². The second-order valence-corrected chi connectivity index (χ2v) is 22.5. The van der Waals surface area contributed by atoms with Gasteiger partial charge in [-0.05, 0) is 159 Å². The maximum Gasteiger partial charge on any atom is -0.00215 e. The van der Waals surface area contributed by atoms with E-state index in [-0.39, 0.29) is 37.9 Å². The van der Waals surface area contributed by atoms with E-state index in [0.29, 0.717) is 5.41 Å². The lowest BCUT2D eigenvalue weighted by Crippen LogP contribution is -2.67. The molecule has 8 aliphatic rings. The first-order chi connectivity index (χ1) is 31.3. The Bertz CT molecular complexity index is 2320. The van der Waals surface area contributed by atoms with E-state index in [4.69, 9.17) is 0 Å². The van der Waals surface area contributed by atoms with E-state index in [9.17, 15) is 0 Å². The van der Waals surface area contributed by atoms with Crippen LogP contribution in [0, 0.1) is 5.41 Å². The van der Waals surface area contributed by atoms with Crippen LogP contribution in [0.5, 0.6) is 0 Å². The fourth-order valence-electron chi connectivity index (χ4n) is 17.5. The average molecular weight is 833 g/mol. The van der Waals surface area contributed by atoms with E-state index < -0.39 is 0 Å². The Labute approximate surface area is 383 Å². The van der Waals surface area contributed by atoms with Gasteiger partial charge in [0, 0.05) is 0 Å². The molecule has 0 heteroatoms. The van der Waals surface area contributed by atoms with Crippen molar-refractivity contribution >= 4 is 0 Å². The lowest BCUT2D eigenvalue weighted by Gasteiger charge is -2.71. The van der Waals surface area contributed by atoms with Gasteiger partial charge in [0.1, 0.15) is 0 Å². The van der Waals surface area contributed by atoms with Gasteiger partial charge in [-0.2, -0.15) is 0 Å². The molecular formula is C64H64. The highest BCUT2D eigenvalue weighted by atomic mass is 14.7. The highest BCUT2D eigenvalue weighted by Gasteiger charge is 2.70. The molecule has 0 amide bonds. The molecular weight excluding hydrogens is 769 g/mol. The minimum absolute atomic E-state index is 0.192. The maximum atomic E-state index is 2.46. The minimum atomic E-state index is 0.192. The smallest absolute Gasteiger partial charge is 0.00215 e. The molecule has 320 valence electrons. The predicted octanol–water partition coefficient (Wildman–Crippen LogP) is 15.7. The summed E-state index contributed by atoms with van der Waals surface area (Å²) in [6, 6.07) is 80.8. The molecule has 8 fully saturated rings. The zero-order valence-corrected chi connectivity index (χ0v) is 37.9. The van der Waals surface area contributed by atoms with Crippen LogP contribution >= 0.6 is 0 Å². The number of hydrogen-bond acceptors (Lipinski definition) is 0. The molecule has 8 aliphatic carbocycles. The normalized spacial score (nSPS) is 35.1. The van der Waals surface area contributed by atoms with E-state index in [2.05, 4.69) is 219 Å². The van der Waals surface area contributed by atoms with E-state index in [1.165, 1.54) is 83.5 Å². The van der Waals surface area contributed by atoms with Crippen molar-refractivity contribution in [2.45, 2.75) is 128 Å². The standard InChI is InChI=1S/C34H32.C30H32/c1-5-13-27(14-6-1)31-21-32(28-15-7-2-8-16-28)24-33(22-31,29-17-9-3-10-18-29)26-34(23-31,25-32)30-19-11-4-12-20-30;1-2-27-18-28(24-12-6-3-7-13-24)21-29(19-27,25-14-8-4-9-15-25)23-30(20-27,22-28)26-16-10-5-11-17-26/h1-20H,21-26H2;3-17H,2,18-23H2,1H3. The average Bonchev–Trinajstić information content (AvgIpc) is 3.35. The maximum absolute atomic E-state index is 2.46. The molecule has 15 rings (SSSR count). The Morgan fingerprint density at radius 1 is 0.219 bits per heavy atom. The van der Waals surface area contributed by atoms with Gasteiger partial charge in [-0.25, -0.2) is 0 Å². The first-order valence-corrected chi connectivity index (χ1v) is 24.7. The molecule has 0 N–H and O–H groups in total. The molecule has 64 heavy (non-hydrogen) atoms. The summed E-state index contributed by atoms with van der Waals surface area (Å²) in [6.07, 6.45) is 16.9. The highest BCUT2D eigenvalue weighted by Crippen LogP contribution is 2.76. The van der Waals surface area contributed by atoms with E-state index in [1.54, 1.807) is 38.9 Å². The zero-order chi connectivity index (χ0) is 43.0. The molecule has 0 spiro atoms. The highest BCUT2D eigenvalue weighted by molar-refractivity contribution is 5.50. The molecule has 0 nitrogen and oxygen atoms in total. The molecule has 0 unspecified atom stereocenters. The Balaban J connectivity index is 0.000000136. The van der Waals surface area contributed by atoms with Gasteiger partial charge in [0.15, 0.2) is 0 Å². The van der Waals surface area contributed by atoms with Gasteiger partial charge in [0.05, 0.1) is 0 Å². The third-order valence-electron chi connectivity index (χ3n) is 18.7. The summed E-state index contributed by atoms with van der Waals surface area (Å²) in [7, 11) is 0. The van der Waals surface area contributed by atoms with Crippen LogP contribution in [0.1, 0.15) is 129 Å². The summed E-state index contributed by atoms with van der Waals surface area (Å²) in [5, 5.41) is 0. The lowest BCUT2D eigenvalue weighted by molar-refractivity contribution is -0.109. The van der Waals surface area contributed by atoms with Gasteiger partial charge in [0.25, 0.3) is 0 Å². The fraction of sp³-hybridized carbons (Fsp3) is 0.344. The largest absolute Gasteiger partial charge is 0.0649 e. The van der Waals surface area contributed by atoms with Gasteiger partial charge < -0.3 is 0 Å². The van der Waals surface area contributed by atoms with Gasteiger partial charge >= 0.3 is 0 Å². The monoisotopic (exact) mass is 833 g/mol. The van der Waals surface area contributed by atoms with Gasteiger partial charge in [-0.15, -0.1) is 0 Å². The van der Waals surface area contributed by atoms with Crippen LogP contribution < -0.4 is 0 Å². The first kappa shape index (κ1) is 40.1. The Morgan fingerprint density at radius 3 is 0.500 bits per heavy atom. The fourth-order valence-corrected chi connectivity index (χ4v) is 17.5. The van der Waals surface area contributed by atoms with Crippen molar-refractivity contribution in [2.24, 2.45) is 5.41 Å². The summed E-state index contributed by atoms with van der Waals surface area (Å²) in [6.45, 7) is 2.46. The van der Waals surface area contributed by atoms with Crippen molar-refractivity contribution in [1.29, 1.82) is 0 Å². The van der Waals surface area contributed by atoms with Crippen LogP contribution in [-0.2, 0) is 37.9 Å². The van der Waals surface area contributed by atoms with Crippen molar-refractivity contribution in [3.05, 3.63) is 251 Å². The van der Waals surface area contributed by atoms with Crippen LogP contribution in [-0.4, -0.2) is 0 Å². The molecule has 7 aromatic carbocycles. The second-order valence-electron chi connectivity index (χ2n) is 22.5. The summed E-state index contributed by atoms with van der Waals surface area (Å²) in [4.78, 5) is 0. The van der Waals surface area contributed by atoms with Gasteiger partial charge in [0.2, 0.25) is 0 Å². The molecule has 0 radical (unpaired) electrons. The third-order valence-corrected chi connectivity index (χ3v) is 18.7. The van der Waals surface area contributed by atoms with Gasteiger partial charge in [-0.3, -0.25) is 0 Å². The quantitative estimate of drug-likeness (QED) is 0.143. The SMILES string of the molecule is CCC12CC3(c4ccccc4)CC(c4ccccc4)(C1)CC(c1ccccc1)(C2)C3.c1ccc(C23CC4(c5ccccc5)CC(c5ccccc5)(C2)CC(c2ccccc2)(C3)C4)cc1. The van der Waals surface area contributed by atoms with Crippen LogP contribution in [0.2, 0.25) is 0 Å². The molecule has 7 aromatic rings. The Morgan fingerprint density at radius 2 is 0.359 bits per heavy atom. The van der Waals surface area contributed by atoms with Crippen molar-refractivity contribution in [3.8, 4) is 0 Å². The second kappa shape index (κ2) is 14.8.